The molecular weight excluding hydrogens is 282 g/mol. The second-order valence-corrected chi connectivity index (χ2v) is 6.12. The third kappa shape index (κ3) is 3.58. The molecular formula is C15H19N5S. The summed E-state index contributed by atoms with van der Waals surface area (Å²) < 4.78 is 1.84. The predicted molar refractivity (Wildman–Crippen MR) is 87.8 cm³/mol. The molecule has 0 spiro atoms. The van der Waals surface area contributed by atoms with Crippen LogP contribution in [0.3, 0.4) is 0 Å². The third-order valence-corrected chi connectivity index (χ3v) is 4.41. The van der Waals surface area contributed by atoms with Crippen LogP contribution in [0.2, 0.25) is 0 Å². The lowest BCUT2D eigenvalue weighted by Gasteiger charge is -2.27. The minimum atomic E-state index is 0.620. The van der Waals surface area contributed by atoms with Crippen LogP contribution in [0.25, 0.3) is 5.69 Å². The molecule has 1 saturated heterocycles. The van der Waals surface area contributed by atoms with Crippen LogP contribution < -0.4 is 5.73 Å². The maximum Gasteiger partial charge on any atom is 0.191 e. The highest BCUT2D eigenvalue weighted by Crippen LogP contribution is 2.11. The Morgan fingerprint density at radius 1 is 1.24 bits per heavy atom. The quantitative estimate of drug-likeness (QED) is 0.693. The number of rotatable bonds is 3. The molecule has 5 nitrogen and oxygen atoms in total. The molecule has 1 aromatic heterocycles. The first-order chi connectivity index (χ1) is 10.3. The van der Waals surface area contributed by atoms with Gasteiger partial charge in [0.1, 0.15) is 0 Å². The van der Waals surface area contributed by atoms with E-state index in [1.54, 1.807) is 6.20 Å². The normalized spacial score (nSPS) is 16.2. The van der Waals surface area contributed by atoms with Crippen LogP contribution in [0.4, 0.5) is 0 Å². The second kappa shape index (κ2) is 6.67. The van der Waals surface area contributed by atoms with Gasteiger partial charge in [0.05, 0.1) is 12.2 Å². The summed E-state index contributed by atoms with van der Waals surface area (Å²) in [6.45, 7) is 2.62. The number of nitrogens with zero attached hydrogens (tertiary/aromatic N) is 4. The predicted octanol–water partition coefficient (Wildman–Crippen LogP) is 1.74. The van der Waals surface area contributed by atoms with E-state index < -0.39 is 0 Å². The number of guanidine groups is 1. The Hall–Kier alpha value is -1.95. The van der Waals surface area contributed by atoms with E-state index in [0.29, 0.717) is 12.5 Å². The highest BCUT2D eigenvalue weighted by atomic mass is 32.2. The average Bonchev–Trinajstić information content (AvgIpc) is 3.08. The Morgan fingerprint density at radius 2 is 2.00 bits per heavy atom. The van der Waals surface area contributed by atoms with Crippen molar-refractivity contribution in [1.29, 1.82) is 0 Å². The average molecular weight is 301 g/mol. The van der Waals surface area contributed by atoms with E-state index in [0.717, 1.165) is 35.8 Å². The van der Waals surface area contributed by atoms with Gasteiger partial charge in [-0.25, -0.2) is 9.67 Å². The summed E-state index contributed by atoms with van der Waals surface area (Å²) in [5, 5.41) is 4.21. The molecule has 1 aliphatic heterocycles. The first kappa shape index (κ1) is 14.0. The summed E-state index contributed by atoms with van der Waals surface area (Å²) in [7, 11) is 0. The molecule has 21 heavy (non-hydrogen) atoms. The molecule has 110 valence electrons. The smallest absolute Gasteiger partial charge is 0.191 e. The van der Waals surface area contributed by atoms with Crippen molar-refractivity contribution in [2.75, 3.05) is 24.6 Å². The van der Waals surface area contributed by atoms with Crippen molar-refractivity contribution in [2.45, 2.75) is 6.54 Å². The summed E-state index contributed by atoms with van der Waals surface area (Å²) in [6, 6.07) is 10.1. The van der Waals surface area contributed by atoms with Crippen molar-refractivity contribution < 1.29 is 0 Å². The summed E-state index contributed by atoms with van der Waals surface area (Å²) in [5.74, 6) is 2.93. The fourth-order valence-electron chi connectivity index (χ4n) is 2.24. The summed E-state index contributed by atoms with van der Waals surface area (Å²) in [6.07, 6.45) is 3.70. The van der Waals surface area contributed by atoms with Gasteiger partial charge in [-0.3, -0.25) is 0 Å². The molecule has 2 N–H and O–H groups in total. The summed E-state index contributed by atoms with van der Waals surface area (Å²) >= 11 is 1.97. The van der Waals surface area contributed by atoms with Gasteiger partial charge < -0.3 is 10.6 Å². The topological polar surface area (TPSA) is 59.4 Å². The number of aliphatic imine (C=N–C) groups is 1. The van der Waals surface area contributed by atoms with Crippen LogP contribution in [-0.2, 0) is 6.54 Å². The van der Waals surface area contributed by atoms with Crippen LogP contribution >= 0.6 is 11.8 Å². The van der Waals surface area contributed by atoms with Gasteiger partial charge in [0.25, 0.3) is 0 Å². The number of thioether (sulfide) groups is 1. The van der Waals surface area contributed by atoms with Crippen LogP contribution in [0.1, 0.15) is 5.56 Å². The monoisotopic (exact) mass is 301 g/mol. The molecule has 1 aliphatic rings. The number of aromatic nitrogens is 2. The van der Waals surface area contributed by atoms with Crippen LogP contribution in [-0.4, -0.2) is 45.2 Å². The first-order valence-corrected chi connectivity index (χ1v) is 8.20. The Kier molecular flexibility index (Phi) is 4.45. The zero-order valence-electron chi connectivity index (χ0n) is 11.9. The van der Waals surface area contributed by atoms with Gasteiger partial charge in [-0.15, -0.1) is 0 Å². The molecule has 1 fully saturated rings. The molecule has 0 aliphatic carbocycles. The molecule has 2 aromatic rings. The van der Waals surface area contributed by atoms with Crippen molar-refractivity contribution >= 4 is 17.7 Å². The van der Waals surface area contributed by atoms with E-state index in [4.69, 9.17) is 5.73 Å². The Bertz CT molecular complexity index is 585. The molecule has 0 amide bonds. The molecule has 2 heterocycles. The molecule has 0 radical (unpaired) electrons. The Labute approximate surface area is 128 Å². The summed E-state index contributed by atoms with van der Waals surface area (Å²) in [4.78, 5) is 6.66. The van der Waals surface area contributed by atoms with Gasteiger partial charge in [-0.1, -0.05) is 12.1 Å². The molecule has 0 bridgehead atoms. The van der Waals surface area contributed by atoms with Gasteiger partial charge in [0, 0.05) is 37.0 Å². The van der Waals surface area contributed by atoms with E-state index in [-0.39, 0.29) is 0 Å². The van der Waals surface area contributed by atoms with Crippen molar-refractivity contribution in [3.8, 4) is 5.69 Å². The zero-order valence-corrected chi connectivity index (χ0v) is 12.7. The lowest BCUT2D eigenvalue weighted by Crippen LogP contribution is -2.42. The van der Waals surface area contributed by atoms with Crippen molar-refractivity contribution in [3.05, 3.63) is 48.3 Å². The molecule has 0 saturated carbocycles. The lowest BCUT2D eigenvalue weighted by atomic mass is 10.2. The maximum absolute atomic E-state index is 6.06. The maximum atomic E-state index is 6.06. The third-order valence-electron chi connectivity index (χ3n) is 3.46. The van der Waals surface area contributed by atoms with Crippen molar-refractivity contribution in [2.24, 2.45) is 10.7 Å². The van der Waals surface area contributed by atoms with Gasteiger partial charge in [-0.05, 0) is 23.8 Å². The van der Waals surface area contributed by atoms with Crippen LogP contribution in [0.15, 0.2) is 47.7 Å². The zero-order chi connectivity index (χ0) is 14.5. The highest BCUT2D eigenvalue weighted by molar-refractivity contribution is 7.99. The van der Waals surface area contributed by atoms with Gasteiger partial charge >= 0.3 is 0 Å². The van der Waals surface area contributed by atoms with Gasteiger partial charge in [0.15, 0.2) is 5.96 Å². The van der Waals surface area contributed by atoms with E-state index in [2.05, 4.69) is 27.1 Å². The van der Waals surface area contributed by atoms with Crippen LogP contribution in [0.5, 0.6) is 0 Å². The van der Waals surface area contributed by atoms with Crippen LogP contribution in [0, 0.1) is 0 Å². The van der Waals surface area contributed by atoms with E-state index in [1.165, 1.54) is 0 Å². The number of hydrogen-bond acceptors (Lipinski definition) is 3. The van der Waals surface area contributed by atoms with Crippen molar-refractivity contribution in [1.82, 2.24) is 14.7 Å². The molecule has 0 atom stereocenters. The Balaban J connectivity index is 1.62. The SMILES string of the molecule is NC(=NCc1ccc(-n2cccn2)cc1)N1CCSCC1. The van der Waals surface area contributed by atoms with E-state index in [1.807, 2.05) is 40.8 Å². The van der Waals surface area contributed by atoms with E-state index >= 15 is 0 Å². The fourth-order valence-corrected chi connectivity index (χ4v) is 3.14. The summed E-state index contributed by atoms with van der Waals surface area (Å²) in [5.41, 5.74) is 8.26. The molecule has 3 rings (SSSR count). The van der Waals surface area contributed by atoms with Gasteiger partial charge in [0.2, 0.25) is 0 Å². The Morgan fingerprint density at radius 3 is 2.67 bits per heavy atom. The molecule has 0 unspecified atom stereocenters. The standard InChI is InChI=1S/C15H19N5S/c16-15(19-8-10-21-11-9-19)17-12-13-2-4-14(5-3-13)20-7-1-6-18-20/h1-7H,8-12H2,(H2,16,17). The van der Waals surface area contributed by atoms with Crippen molar-refractivity contribution in [3.63, 3.8) is 0 Å². The molecule has 6 heteroatoms. The fraction of sp³-hybridized carbons (Fsp3) is 0.333. The highest BCUT2D eigenvalue weighted by Gasteiger charge is 2.11. The first-order valence-electron chi connectivity index (χ1n) is 7.04. The number of nitrogens with two attached hydrogens (primary N) is 1. The minimum Gasteiger partial charge on any atom is -0.370 e. The lowest BCUT2D eigenvalue weighted by molar-refractivity contribution is 0.455. The second-order valence-electron chi connectivity index (χ2n) is 4.89. The minimum absolute atomic E-state index is 0.620. The largest absolute Gasteiger partial charge is 0.370 e. The van der Waals surface area contributed by atoms with Gasteiger partial charge in [-0.2, -0.15) is 16.9 Å². The number of benzene rings is 1. The van der Waals surface area contributed by atoms with E-state index in [9.17, 15) is 0 Å². The number of hydrogen-bond donors (Lipinski definition) is 1. The molecule has 1 aromatic carbocycles.